The molecule has 21 heavy (non-hydrogen) atoms. The molecule has 0 aliphatic heterocycles. The Bertz CT molecular complexity index is 761. The smallest absolute Gasteiger partial charge is 0.316 e. The van der Waals surface area contributed by atoms with Gasteiger partial charge in [0.2, 0.25) is 0 Å². The van der Waals surface area contributed by atoms with Gasteiger partial charge >= 0.3 is 6.03 Å². The third-order valence-electron chi connectivity index (χ3n) is 3.31. The summed E-state index contributed by atoms with van der Waals surface area (Å²) in [6, 6.07) is 15.1. The zero-order chi connectivity index (χ0) is 14.7. The van der Waals surface area contributed by atoms with Crippen molar-refractivity contribution in [2.24, 2.45) is 5.73 Å². The van der Waals surface area contributed by atoms with Crippen molar-refractivity contribution in [3.63, 3.8) is 0 Å². The number of benzene rings is 2. The van der Waals surface area contributed by atoms with E-state index in [4.69, 9.17) is 5.73 Å². The van der Waals surface area contributed by atoms with Crippen LogP contribution in [0.3, 0.4) is 0 Å². The summed E-state index contributed by atoms with van der Waals surface area (Å²) in [5.41, 5.74) is 9.08. The number of hydrogen-bond donors (Lipinski definition) is 4. The van der Waals surface area contributed by atoms with E-state index in [1.807, 2.05) is 42.6 Å². The van der Waals surface area contributed by atoms with Crippen LogP contribution in [0.5, 0.6) is 0 Å². The molecule has 5 heteroatoms. The molecule has 0 aliphatic carbocycles. The number of fused-ring (bicyclic) bond motifs is 1. The topological polar surface area (TPSA) is 82.9 Å². The lowest BCUT2D eigenvalue weighted by Gasteiger charge is -2.07. The van der Waals surface area contributed by atoms with E-state index in [1.165, 1.54) is 10.9 Å². The summed E-state index contributed by atoms with van der Waals surface area (Å²) in [5, 5.41) is 7.11. The number of para-hydroxylation sites is 1. The third-order valence-corrected chi connectivity index (χ3v) is 3.31. The Hall–Kier alpha value is -2.95. The van der Waals surface area contributed by atoms with E-state index in [1.54, 1.807) is 0 Å². The van der Waals surface area contributed by atoms with E-state index >= 15 is 0 Å². The predicted octanol–water partition coefficient (Wildman–Crippen LogP) is 3.27. The molecule has 0 atom stereocenters. The van der Waals surface area contributed by atoms with Crippen molar-refractivity contribution in [3.05, 3.63) is 60.3 Å². The molecule has 106 valence electrons. The van der Waals surface area contributed by atoms with Gasteiger partial charge in [-0.05, 0) is 35.9 Å². The van der Waals surface area contributed by atoms with E-state index in [9.17, 15) is 4.79 Å². The molecule has 0 unspecified atom stereocenters. The quantitative estimate of drug-likeness (QED) is 0.591. The van der Waals surface area contributed by atoms with Gasteiger partial charge in [0.25, 0.3) is 0 Å². The largest absolute Gasteiger partial charge is 0.381 e. The predicted molar refractivity (Wildman–Crippen MR) is 85.3 cm³/mol. The molecule has 0 fully saturated rings. The Morgan fingerprint density at radius 1 is 1.05 bits per heavy atom. The number of carbonyl (C=O) groups excluding carboxylic acids is 1. The number of rotatable bonds is 4. The second kappa shape index (κ2) is 5.58. The van der Waals surface area contributed by atoms with Crippen LogP contribution in [0.2, 0.25) is 0 Å². The Morgan fingerprint density at radius 3 is 2.52 bits per heavy atom. The van der Waals surface area contributed by atoms with E-state index in [-0.39, 0.29) is 0 Å². The lowest BCUT2D eigenvalue weighted by molar-refractivity contribution is 0.259. The SMILES string of the molecule is NC(=O)Nc1ccc(NCc2c[nH]c3ccccc23)cc1. The molecular formula is C16H16N4O. The van der Waals surface area contributed by atoms with E-state index in [2.05, 4.69) is 27.8 Å². The van der Waals surface area contributed by atoms with Crippen LogP contribution >= 0.6 is 0 Å². The molecule has 1 aromatic heterocycles. The average molecular weight is 280 g/mol. The van der Waals surface area contributed by atoms with Gasteiger partial charge in [0, 0.05) is 35.0 Å². The number of aromatic amines is 1. The molecule has 0 bridgehead atoms. The van der Waals surface area contributed by atoms with Gasteiger partial charge in [0.15, 0.2) is 0 Å². The fourth-order valence-electron chi connectivity index (χ4n) is 2.29. The van der Waals surface area contributed by atoms with Crippen molar-refractivity contribution in [3.8, 4) is 0 Å². The van der Waals surface area contributed by atoms with Crippen LogP contribution in [0, 0.1) is 0 Å². The van der Waals surface area contributed by atoms with Gasteiger partial charge in [-0.15, -0.1) is 0 Å². The summed E-state index contributed by atoms with van der Waals surface area (Å²) in [6.07, 6.45) is 2.01. The van der Waals surface area contributed by atoms with Gasteiger partial charge in [-0.3, -0.25) is 0 Å². The summed E-state index contributed by atoms with van der Waals surface area (Å²) >= 11 is 0. The number of hydrogen-bond acceptors (Lipinski definition) is 2. The highest BCUT2D eigenvalue weighted by molar-refractivity contribution is 5.88. The molecular weight excluding hydrogens is 264 g/mol. The van der Waals surface area contributed by atoms with Crippen molar-refractivity contribution in [2.75, 3.05) is 10.6 Å². The summed E-state index contributed by atoms with van der Waals surface area (Å²) in [4.78, 5) is 14.0. The zero-order valence-corrected chi connectivity index (χ0v) is 11.4. The van der Waals surface area contributed by atoms with E-state index < -0.39 is 6.03 Å². The monoisotopic (exact) mass is 280 g/mol. The second-order valence-electron chi connectivity index (χ2n) is 4.78. The molecule has 3 aromatic rings. The number of H-pyrrole nitrogens is 1. The number of primary amides is 1. The van der Waals surface area contributed by atoms with Crippen molar-refractivity contribution in [2.45, 2.75) is 6.54 Å². The maximum absolute atomic E-state index is 10.8. The summed E-state index contributed by atoms with van der Waals surface area (Å²) in [6.45, 7) is 0.729. The number of urea groups is 1. The van der Waals surface area contributed by atoms with Crippen LogP contribution in [0.1, 0.15) is 5.56 Å². The maximum atomic E-state index is 10.8. The molecule has 2 aromatic carbocycles. The highest BCUT2D eigenvalue weighted by Crippen LogP contribution is 2.20. The number of amides is 2. The summed E-state index contributed by atoms with van der Waals surface area (Å²) < 4.78 is 0. The fraction of sp³-hybridized carbons (Fsp3) is 0.0625. The van der Waals surface area contributed by atoms with Crippen LogP contribution in [0.15, 0.2) is 54.7 Å². The molecule has 1 heterocycles. The van der Waals surface area contributed by atoms with Crippen molar-refractivity contribution < 1.29 is 4.79 Å². The van der Waals surface area contributed by atoms with Crippen molar-refractivity contribution >= 4 is 28.3 Å². The van der Waals surface area contributed by atoms with Gasteiger partial charge in [0.1, 0.15) is 0 Å². The van der Waals surface area contributed by atoms with Crippen LogP contribution in [-0.4, -0.2) is 11.0 Å². The lowest BCUT2D eigenvalue weighted by Crippen LogP contribution is -2.19. The number of anilines is 2. The van der Waals surface area contributed by atoms with Gasteiger partial charge in [-0.25, -0.2) is 4.79 Å². The maximum Gasteiger partial charge on any atom is 0.316 e. The minimum absolute atomic E-state index is 0.561. The lowest BCUT2D eigenvalue weighted by atomic mass is 10.2. The second-order valence-corrected chi connectivity index (χ2v) is 4.78. The summed E-state index contributed by atoms with van der Waals surface area (Å²) in [7, 11) is 0. The van der Waals surface area contributed by atoms with Crippen molar-refractivity contribution in [1.29, 1.82) is 0 Å². The van der Waals surface area contributed by atoms with Crippen LogP contribution in [0.4, 0.5) is 16.2 Å². The molecule has 5 N–H and O–H groups in total. The molecule has 0 spiro atoms. The first kappa shape index (κ1) is 13.1. The molecule has 5 nitrogen and oxygen atoms in total. The number of carbonyl (C=O) groups is 1. The van der Waals surface area contributed by atoms with Crippen LogP contribution < -0.4 is 16.4 Å². The zero-order valence-electron chi connectivity index (χ0n) is 11.4. The molecule has 0 saturated carbocycles. The Kier molecular flexibility index (Phi) is 3.47. The number of aromatic nitrogens is 1. The summed E-state index contributed by atoms with van der Waals surface area (Å²) in [5.74, 6) is 0. The number of nitrogens with one attached hydrogen (secondary N) is 3. The molecule has 0 radical (unpaired) electrons. The van der Waals surface area contributed by atoms with Gasteiger partial charge < -0.3 is 21.4 Å². The minimum Gasteiger partial charge on any atom is -0.381 e. The van der Waals surface area contributed by atoms with Gasteiger partial charge in [-0.2, -0.15) is 0 Å². The fourth-order valence-corrected chi connectivity index (χ4v) is 2.29. The average Bonchev–Trinajstić information content (AvgIpc) is 2.89. The van der Waals surface area contributed by atoms with Gasteiger partial charge in [-0.1, -0.05) is 18.2 Å². The highest BCUT2D eigenvalue weighted by atomic mass is 16.2. The third kappa shape index (κ3) is 2.97. The Labute approximate surface area is 122 Å². The molecule has 3 rings (SSSR count). The van der Waals surface area contributed by atoms with Crippen LogP contribution in [0.25, 0.3) is 10.9 Å². The van der Waals surface area contributed by atoms with Gasteiger partial charge in [0.05, 0.1) is 0 Å². The first-order valence-electron chi connectivity index (χ1n) is 6.68. The molecule has 2 amide bonds. The first-order valence-corrected chi connectivity index (χ1v) is 6.68. The van der Waals surface area contributed by atoms with Crippen LogP contribution in [-0.2, 0) is 6.54 Å². The first-order chi connectivity index (χ1) is 10.2. The highest BCUT2D eigenvalue weighted by Gasteiger charge is 2.02. The normalized spacial score (nSPS) is 10.5. The van der Waals surface area contributed by atoms with E-state index in [0.29, 0.717) is 5.69 Å². The minimum atomic E-state index is -0.561. The molecule has 0 saturated heterocycles. The molecule has 0 aliphatic rings. The van der Waals surface area contributed by atoms with E-state index in [0.717, 1.165) is 17.7 Å². The van der Waals surface area contributed by atoms with Crippen molar-refractivity contribution in [1.82, 2.24) is 4.98 Å². The standard InChI is InChI=1S/C16H16N4O/c17-16(21)20-13-7-5-12(6-8-13)18-9-11-10-19-15-4-2-1-3-14(11)15/h1-8,10,18-19H,9H2,(H3,17,20,21). The Morgan fingerprint density at radius 2 is 1.76 bits per heavy atom. The Balaban J connectivity index is 1.68. The number of nitrogens with two attached hydrogens (primary N) is 1.